The van der Waals surface area contributed by atoms with E-state index < -0.39 is 11.7 Å². The van der Waals surface area contributed by atoms with Crippen LogP contribution in [-0.4, -0.2) is 43.4 Å². The Labute approximate surface area is 78.8 Å². The van der Waals surface area contributed by atoms with Gasteiger partial charge in [-0.1, -0.05) is 0 Å². The third kappa shape index (κ3) is 2.02. The summed E-state index contributed by atoms with van der Waals surface area (Å²) in [4.78, 5) is 0. The summed E-state index contributed by atoms with van der Waals surface area (Å²) in [5.74, 6) is 0. The monoisotopic (exact) mass is 190 g/mol. The van der Waals surface area contributed by atoms with Gasteiger partial charge in [-0.25, -0.2) is 0 Å². The summed E-state index contributed by atoms with van der Waals surface area (Å²) in [6.45, 7) is 3.68. The van der Waals surface area contributed by atoms with E-state index in [-0.39, 0.29) is 12.4 Å². The highest BCUT2D eigenvalue weighted by Crippen LogP contribution is 2.31. The minimum absolute atomic E-state index is 0.261. The predicted octanol–water partition coefficient (Wildman–Crippen LogP) is 0.534. The SMILES string of the molecule is COC1C[C@](C)(OC)[C@H](O)C(C)O1. The van der Waals surface area contributed by atoms with E-state index in [9.17, 15) is 5.11 Å². The fourth-order valence-corrected chi connectivity index (χ4v) is 1.65. The Morgan fingerprint density at radius 1 is 1.46 bits per heavy atom. The molecule has 13 heavy (non-hydrogen) atoms. The van der Waals surface area contributed by atoms with E-state index >= 15 is 0 Å². The van der Waals surface area contributed by atoms with Gasteiger partial charge >= 0.3 is 0 Å². The number of aliphatic hydroxyl groups is 1. The molecule has 4 nitrogen and oxygen atoms in total. The first-order valence-corrected chi connectivity index (χ1v) is 4.45. The van der Waals surface area contributed by atoms with Crippen LogP contribution in [0.3, 0.4) is 0 Å². The van der Waals surface area contributed by atoms with Crippen LogP contribution >= 0.6 is 0 Å². The van der Waals surface area contributed by atoms with Gasteiger partial charge in [0, 0.05) is 20.6 Å². The third-order valence-corrected chi connectivity index (χ3v) is 2.74. The van der Waals surface area contributed by atoms with Gasteiger partial charge in [0.25, 0.3) is 0 Å². The van der Waals surface area contributed by atoms with Crippen LogP contribution in [0.4, 0.5) is 0 Å². The summed E-state index contributed by atoms with van der Waals surface area (Å²) in [5.41, 5.74) is -0.571. The molecule has 0 bridgehead atoms. The van der Waals surface area contributed by atoms with Crippen LogP contribution in [0.5, 0.6) is 0 Å². The molecule has 0 aromatic rings. The number of aliphatic hydroxyl groups excluding tert-OH is 1. The molecule has 0 saturated carbocycles. The normalized spacial score (nSPS) is 46.4. The summed E-state index contributed by atoms with van der Waals surface area (Å²) in [6.07, 6.45) is -0.609. The standard InChI is InChI=1S/C9H18O4/c1-6-8(10)9(2,12-4)5-7(11-3)13-6/h6-8,10H,5H2,1-4H3/t6?,7?,8-,9+/m1/s1. The summed E-state index contributed by atoms with van der Waals surface area (Å²) < 4.78 is 15.8. The maximum Gasteiger partial charge on any atom is 0.160 e. The second-order valence-electron chi connectivity index (χ2n) is 3.67. The van der Waals surface area contributed by atoms with E-state index in [1.807, 2.05) is 13.8 Å². The van der Waals surface area contributed by atoms with E-state index in [2.05, 4.69) is 0 Å². The average Bonchev–Trinajstić information content (AvgIpc) is 2.13. The van der Waals surface area contributed by atoms with Crippen LogP contribution in [0.1, 0.15) is 20.3 Å². The van der Waals surface area contributed by atoms with Crippen molar-refractivity contribution in [3.8, 4) is 0 Å². The van der Waals surface area contributed by atoms with Crippen molar-refractivity contribution in [3.63, 3.8) is 0 Å². The van der Waals surface area contributed by atoms with Gasteiger partial charge in [-0.05, 0) is 13.8 Å². The first kappa shape index (κ1) is 10.9. The highest BCUT2D eigenvalue weighted by molar-refractivity contribution is 4.92. The van der Waals surface area contributed by atoms with Gasteiger partial charge in [-0.15, -0.1) is 0 Å². The molecule has 1 aliphatic heterocycles. The zero-order valence-electron chi connectivity index (χ0n) is 8.61. The summed E-state index contributed by atoms with van der Waals surface area (Å²) >= 11 is 0. The Balaban J connectivity index is 2.71. The van der Waals surface area contributed by atoms with E-state index in [0.717, 1.165) is 0 Å². The molecule has 1 aliphatic rings. The Kier molecular flexibility index (Phi) is 3.29. The number of methoxy groups -OCH3 is 2. The van der Waals surface area contributed by atoms with Crippen molar-refractivity contribution < 1.29 is 19.3 Å². The number of hydrogen-bond donors (Lipinski definition) is 1. The van der Waals surface area contributed by atoms with Crippen LogP contribution in [0.2, 0.25) is 0 Å². The van der Waals surface area contributed by atoms with Gasteiger partial charge in [0.1, 0.15) is 6.10 Å². The fourth-order valence-electron chi connectivity index (χ4n) is 1.65. The van der Waals surface area contributed by atoms with Gasteiger partial charge in [0.2, 0.25) is 0 Å². The largest absolute Gasteiger partial charge is 0.387 e. The molecule has 1 saturated heterocycles. The average molecular weight is 190 g/mol. The lowest BCUT2D eigenvalue weighted by atomic mass is 9.88. The molecule has 1 N–H and O–H groups in total. The number of rotatable bonds is 2. The van der Waals surface area contributed by atoms with Gasteiger partial charge in [0.15, 0.2) is 6.29 Å². The fraction of sp³-hybridized carbons (Fsp3) is 1.00. The van der Waals surface area contributed by atoms with Crippen molar-refractivity contribution in [1.82, 2.24) is 0 Å². The molecule has 0 aromatic heterocycles. The maximum atomic E-state index is 9.80. The van der Waals surface area contributed by atoms with Crippen molar-refractivity contribution in [3.05, 3.63) is 0 Å². The van der Waals surface area contributed by atoms with Crippen LogP contribution in [0, 0.1) is 0 Å². The van der Waals surface area contributed by atoms with Crippen molar-refractivity contribution in [2.24, 2.45) is 0 Å². The molecule has 1 rings (SSSR count). The van der Waals surface area contributed by atoms with Crippen molar-refractivity contribution in [2.45, 2.75) is 44.4 Å². The lowest BCUT2D eigenvalue weighted by Crippen LogP contribution is -2.56. The number of hydrogen-bond acceptors (Lipinski definition) is 4. The van der Waals surface area contributed by atoms with E-state index in [1.165, 1.54) is 0 Å². The second kappa shape index (κ2) is 3.92. The highest BCUT2D eigenvalue weighted by atomic mass is 16.7. The van der Waals surface area contributed by atoms with E-state index in [4.69, 9.17) is 14.2 Å². The summed E-state index contributed by atoms with van der Waals surface area (Å²) in [7, 11) is 3.18. The van der Waals surface area contributed by atoms with Gasteiger partial charge in [-0.3, -0.25) is 0 Å². The highest BCUT2D eigenvalue weighted by Gasteiger charge is 2.44. The Morgan fingerprint density at radius 3 is 2.54 bits per heavy atom. The molecular weight excluding hydrogens is 172 g/mol. The van der Waals surface area contributed by atoms with Gasteiger partial charge in [-0.2, -0.15) is 0 Å². The Morgan fingerprint density at radius 2 is 2.08 bits per heavy atom. The van der Waals surface area contributed by atoms with Crippen LogP contribution < -0.4 is 0 Å². The Bertz CT molecular complexity index is 173. The van der Waals surface area contributed by atoms with Crippen molar-refractivity contribution in [2.75, 3.05) is 14.2 Å². The molecular formula is C9H18O4. The molecule has 78 valence electrons. The molecule has 1 heterocycles. The van der Waals surface area contributed by atoms with Gasteiger partial charge < -0.3 is 19.3 Å². The van der Waals surface area contributed by atoms with Crippen LogP contribution in [-0.2, 0) is 14.2 Å². The maximum absolute atomic E-state index is 9.80. The predicted molar refractivity (Wildman–Crippen MR) is 47.4 cm³/mol. The zero-order valence-corrected chi connectivity index (χ0v) is 8.61. The molecule has 0 aliphatic carbocycles. The molecule has 2 unspecified atom stereocenters. The van der Waals surface area contributed by atoms with Crippen molar-refractivity contribution in [1.29, 1.82) is 0 Å². The van der Waals surface area contributed by atoms with Crippen LogP contribution in [0.25, 0.3) is 0 Å². The molecule has 4 atom stereocenters. The summed E-state index contributed by atoms with van der Waals surface area (Å²) in [6, 6.07) is 0. The first-order chi connectivity index (χ1) is 6.03. The summed E-state index contributed by atoms with van der Waals surface area (Å²) in [5, 5.41) is 9.80. The van der Waals surface area contributed by atoms with Gasteiger partial charge in [0.05, 0.1) is 11.7 Å². The molecule has 0 radical (unpaired) electrons. The molecule has 0 aromatic carbocycles. The van der Waals surface area contributed by atoms with Crippen molar-refractivity contribution >= 4 is 0 Å². The van der Waals surface area contributed by atoms with Crippen LogP contribution in [0.15, 0.2) is 0 Å². The quantitative estimate of drug-likeness (QED) is 0.690. The molecule has 0 spiro atoms. The molecule has 0 amide bonds. The van der Waals surface area contributed by atoms with E-state index in [0.29, 0.717) is 6.42 Å². The Hall–Kier alpha value is -0.160. The second-order valence-corrected chi connectivity index (χ2v) is 3.67. The third-order valence-electron chi connectivity index (χ3n) is 2.74. The minimum atomic E-state index is -0.608. The smallest absolute Gasteiger partial charge is 0.160 e. The first-order valence-electron chi connectivity index (χ1n) is 4.45. The molecule has 4 heteroatoms. The lowest BCUT2D eigenvalue weighted by Gasteiger charge is -2.43. The topological polar surface area (TPSA) is 47.9 Å². The zero-order chi connectivity index (χ0) is 10.1. The molecule has 1 fully saturated rings. The number of ether oxygens (including phenoxy) is 3. The van der Waals surface area contributed by atoms with E-state index in [1.54, 1.807) is 14.2 Å². The lowest BCUT2D eigenvalue weighted by molar-refractivity contribution is -0.271. The minimum Gasteiger partial charge on any atom is -0.387 e.